The number of β-amino-alcohol motifs (C(OH)–C–C–N with tert-alkyl or cyclic N) is 1. The van der Waals surface area contributed by atoms with Crippen LogP contribution < -0.4 is 0 Å². The zero-order chi connectivity index (χ0) is 18.4. The van der Waals surface area contributed by atoms with E-state index in [0.29, 0.717) is 4.68 Å². The number of rotatable bonds is 2. The Labute approximate surface area is 144 Å². The third kappa shape index (κ3) is 3.53. The van der Waals surface area contributed by atoms with E-state index in [0.717, 1.165) is 17.4 Å². The molecule has 0 aromatic carbocycles. The molecule has 0 unspecified atom stereocenters. The average Bonchev–Trinajstić information content (AvgIpc) is 3.15. The summed E-state index contributed by atoms with van der Waals surface area (Å²) in [5.41, 5.74) is -0.803. The number of aliphatic hydroxyl groups is 2. The van der Waals surface area contributed by atoms with Gasteiger partial charge in [0.05, 0.1) is 17.9 Å². The van der Waals surface area contributed by atoms with Crippen LogP contribution >= 0.6 is 11.3 Å². The normalized spacial score (nSPS) is 21.6. The number of carbonyl (C=O) groups is 1. The SMILES string of the molecule is Cc1cc(C(F)(F)F)n(-c2nc(C(=O)N3CC[C@@H](O)[C@H](O)C3)cs2)n1. The van der Waals surface area contributed by atoms with E-state index in [2.05, 4.69) is 10.1 Å². The van der Waals surface area contributed by atoms with E-state index in [1.54, 1.807) is 0 Å². The fourth-order valence-electron chi connectivity index (χ4n) is 2.57. The number of aliphatic hydroxyl groups excluding tert-OH is 2. The maximum absolute atomic E-state index is 13.1. The largest absolute Gasteiger partial charge is 0.433 e. The molecule has 1 aliphatic rings. The Morgan fingerprint density at radius 1 is 1.36 bits per heavy atom. The molecule has 0 spiro atoms. The third-order valence-electron chi connectivity index (χ3n) is 3.85. The van der Waals surface area contributed by atoms with Gasteiger partial charge in [-0.2, -0.15) is 18.3 Å². The summed E-state index contributed by atoms with van der Waals surface area (Å²) in [4.78, 5) is 17.7. The minimum Gasteiger partial charge on any atom is -0.390 e. The van der Waals surface area contributed by atoms with E-state index in [4.69, 9.17) is 0 Å². The van der Waals surface area contributed by atoms with Crippen molar-refractivity contribution in [3.63, 3.8) is 0 Å². The zero-order valence-corrected chi connectivity index (χ0v) is 13.9. The number of carbonyl (C=O) groups excluding carboxylic acids is 1. The number of hydrogen-bond acceptors (Lipinski definition) is 6. The van der Waals surface area contributed by atoms with Gasteiger partial charge in [0.15, 0.2) is 5.69 Å². The Bertz CT molecular complexity index is 789. The van der Waals surface area contributed by atoms with Gasteiger partial charge in [-0.05, 0) is 19.4 Å². The van der Waals surface area contributed by atoms with Crippen LogP contribution in [0.4, 0.5) is 13.2 Å². The molecular formula is C14H15F3N4O3S. The molecule has 7 nitrogen and oxygen atoms in total. The highest BCUT2D eigenvalue weighted by molar-refractivity contribution is 7.12. The van der Waals surface area contributed by atoms with Gasteiger partial charge in [-0.1, -0.05) is 0 Å². The Morgan fingerprint density at radius 3 is 2.72 bits per heavy atom. The van der Waals surface area contributed by atoms with Gasteiger partial charge in [-0.15, -0.1) is 11.3 Å². The predicted molar refractivity (Wildman–Crippen MR) is 81.5 cm³/mol. The number of thiazole rings is 1. The summed E-state index contributed by atoms with van der Waals surface area (Å²) in [7, 11) is 0. The van der Waals surface area contributed by atoms with E-state index >= 15 is 0 Å². The van der Waals surface area contributed by atoms with Crippen molar-refractivity contribution in [3.05, 3.63) is 28.5 Å². The number of alkyl halides is 3. The Balaban J connectivity index is 1.85. The highest BCUT2D eigenvalue weighted by atomic mass is 32.1. The minimum atomic E-state index is -4.59. The number of halogens is 3. The number of likely N-dealkylation sites (tertiary alicyclic amines) is 1. The number of nitrogens with zero attached hydrogens (tertiary/aromatic N) is 4. The molecule has 11 heteroatoms. The molecule has 0 saturated carbocycles. The van der Waals surface area contributed by atoms with Crippen LogP contribution in [0.5, 0.6) is 0 Å². The summed E-state index contributed by atoms with van der Waals surface area (Å²) in [5, 5.41) is 24.2. The lowest BCUT2D eigenvalue weighted by Crippen LogP contribution is -2.49. The summed E-state index contributed by atoms with van der Waals surface area (Å²) >= 11 is 0.870. The first-order chi connectivity index (χ1) is 11.7. The summed E-state index contributed by atoms with van der Waals surface area (Å²) in [5.74, 6) is -0.508. The van der Waals surface area contributed by atoms with Crippen molar-refractivity contribution >= 4 is 17.2 Å². The summed E-state index contributed by atoms with van der Waals surface area (Å²) in [6, 6.07) is 0.908. The molecule has 2 N–H and O–H groups in total. The Morgan fingerprint density at radius 2 is 2.08 bits per heavy atom. The molecule has 2 aromatic rings. The smallest absolute Gasteiger partial charge is 0.390 e. The second-order valence-electron chi connectivity index (χ2n) is 5.77. The van der Waals surface area contributed by atoms with Crippen molar-refractivity contribution in [2.24, 2.45) is 0 Å². The van der Waals surface area contributed by atoms with Crippen LogP contribution in [0.3, 0.4) is 0 Å². The van der Waals surface area contributed by atoms with Crippen LogP contribution in [0, 0.1) is 6.92 Å². The number of aromatic nitrogens is 3. The molecule has 3 rings (SSSR count). The fraction of sp³-hybridized carbons (Fsp3) is 0.500. The number of hydrogen-bond donors (Lipinski definition) is 2. The lowest BCUT2D eigenvalue weighted by atomic mass is 10.1. The number of amides is 1. The molecule has 0 aliphatic carbocycles. The summed E-state index contributed by atoms with van der Waals surface area (Å²) in [6.07, 6.45) is -6.32. The Kier molecular flexibility index (Phi) is 4.56. The van der Waals surface area contributed by atoms with Crippen LogP contribution in [0.2, 0.25) is 0 Å². The summed E-state index contributed by atoms with van der Waals surface area (Å²) in [6.45, 7) is 1.62. The third-order valence-corrected chi connectivity index (χ3v) is 4.66. The Hall–Kier alpha value is -1.98. The molecule has 25 heavy (non-hydrogen) atoms. The van der Waals surface area contributed by atoms with Crippen molar-refractivity contribution < 1.29 is 28.2 Å². The fourth-order valence-corrected chi connectivity index (χ4v) is 3.33. The van der Waals surface area contributed by atoms with E-state index in [1.807, 2.05) is 0 Å². The molecule has 1 fully saturated rings. The first-order valence-corrected chi connectivity index (χ1v) is 8.30. The van der Waals surface area contributed by atoms with Crippen molar-refractivity contribution in [3.8, 4) is 5.13 Å². The van der Waals surface area contributed by atoms with Gasteiger partial charge in [0.2, 0.25) is 5.13 Å². The predicted octanol–water partition coefficient (Wildman–Crippen LogP) is 1.22. The lowest BCUT2D eigenvalue weighted by Gasteiger charge is -2.32. The van der Waals surface area contributed by atoms with Gasteiger partial charge in [-0.25, -0.2) is 9.67 Å². The van der Waals surface area contributed by atoms with Crippen LogP contribution in [0.25, 0.3) is 5.13 Å². The van der Waals surface area contributed by atoms with Crippen molar-refractivity contribution in [2.75, 3.05) is 13.1 Å². The minimum absolute atomic E-state index is 0.0233. The van der Waals surface area contributed by atoms with E-state index in [9.17, 15) is 28.2 Å². The molecule has 136 valence electrons. The zero-order valence-electron chi connectivity index (χ0n) is 13.1. The molecule has 1 saturated heterocycles. The topological polar surface area (TPSA) is 91.5 Å². The van der Waals surface area contributed by atoms with Crippen molar-refractivity contribution in [2.45, 2.75) is 31.7 Å². The second kappa shape index (κ2) is 6.39. The highest BCUT2D eigenvalue weighted by Crippen LogP contribution is 2.32. The van der Waals surface area contributed by atoms with Crippen LogP contribution in [-0.2, 0) is 6.18 Å². The van der Waals surface area contributed by atoms with E-state index < -0.39 is 30.0 Å². The molecule has 0 radical (unpaired) electrons. The van der Waals surface area contributed by atoms with Gasteiger partial charge in [0, 0.05) is 18.5 Å². The quantitative estimate of drug-likeness (QED) is 0.823. The van der Waals surface area contributed by atoms with Gasteiger partial charge in [0.25, 0.3) is 5.91 Å². The van der Waals surface area contributed by atoms with Gasteiger partial charge in [0.1, 0.15) is 5.69 Å². The highest BCUT2D eigenvalue weighted by Gasteiger charge is 2.37. The molecule has 2 atom stereocenters. The number of piperidine rings is 1. The van der Waals surface area contributed by atoms with E-state index in [1.165, 1.54) is 17.2 Å². The van der Waals surface area contributed by atoms with Crippen molar-refractivity contribution in [1.82, 2.24) is 19.7 Å². The molecular weight excluding hydrogens is 361 g/mol. The van der Waals surface area contributed by atoms with Crippen molar-refractivity contribution in [1.29, 1.82) is 0 Å². The monoisotopic (exact) mass is 376 g/mol. The first kappa shape index (κ1) is 17.8. The van der Waals surface area contributed by atoms with Gasteiger partial charge in [-0.3, -0.25) is 4.79 Å². The molecule has 2 aromatic heterocycles. The lowest BCUT2D eigenvalue weighted by molar-refractivity contribution is -0.142. The summed E-state index contributed by atoms with van der Waals surface area (Å²) < 4.78 is 39.9. The van der Waals surface area contributed by atoms with Crippen LogP contribution in [-0.4, -0.2) is 61.1 Å². The maximum atomic E-state index is 13.1. The molecule has 3 heterocycles. The average molecular weight is 376 g/mol. The van der Waals surface area contributed by atoms with Gasteiger partial charge >= 0.3 is 6.18 Å². The number of aryl methyl sites for hydroxylation is 1. The van der Waals surface area contributed by atoms with Gasteiger partial charge < -0.3 is 15.1 Å². The second-order valence-corrected chi connectivity index (χ2v) is 6.61. The molecule has 1 aliphatic heterocycles. The standard InChI is InChI=1S/C14H15F3N4O3S/c1-7-4-11(14(15,16)17)21(19-7)13-18-8(6-25-13)12(24)20-3-2-9(22)10(23)5-20/h4,6,9-10,22-23H,2-3,5H2,1H3/t9-,10-/m1/s1. The van der Waals surface area contributed by atoms with Crippen LogP contribution in [0.1, 0.15) is 28.3 Å². The van der Waals surface area contributed by atoms with Crippen LogP contribution in [0.15, 0.2) is 11.4 Å². The molecule has 1 amide bonds. The van der Waals surface area contributed by atoms with E-state index in [-0.39, 0.29) is 36.0 Å². The maximum Gasteiger partial charge on any atom is 0.433 e. The first-order valence-electron chi connectivity index (χ1n) is 7.42. The molecule has 0 bridgehead atoms.